The van der Waals surface area contributed by atoms with Crippen molar-refractivity contribution in [1.29, 1.82) is 0 Å². The van der Waals surface area contributed by atoms with E-state index in [1.807, 2.05) is 12.3 Å². The molecular formula is C24H27BrF3N5O2S. The minimum atomic E-state index is -2.94. The molecule has 194 valence electrons. The van der Waals surface area contributed by atoms with Crippen LogP contribution in [0.25, 0.3) is 0 Å². The first kappa shape index (κ1) is 26.8. The predicted molar refractivity (Wildman–Crippen MR) is 136 cm³/mol. The number of carboxylic acids is 1. The smallest absolute Gasteiger partial charge is 0.317 e. The molecule has 0 aliphatic carbocycles. The van der Waals surface area contributed by atoms with Gasteiger partial charge < -0.3 is 10.4 Å². The van der Waals surface area contributed by atoms with Crippen molar-refractivity contribution in [2.24, 2.45) is 10.9 Å². The van der Waals surface area contributed by atoms with E-state index in [0.29, 0.717) is 21.7 Å². The van der Waals surface area contributed by atoms with Crippen LogP contribution in [0.2, 0.25) is 0 Å². The molecule has 0 amide bonds. The summed E-state index contributed by atoms with van der Waals surface area (Å²) in [5.74, 6) is -4.80. The molecule has 0 spiro atoms. The van der Waals surface area contributed by atoms with E-state index >= 15 is 0 Å². The zero-order valence-corrected chi connectivity index (χ0v) is 22.3. The fourth-order valence-electron chi connectivity index (χ4n) is 4.75. The largest absolute Gasteiger partial charge is 0.480 e. The number of likely N-dealkylation sites (N-methyl/N-ethyl adjacent to an activating group) is 1. The highest BCUT2D eigenvalue weighted by atomic mass is 79.9. The van der Waals surface area contributed by atoms with E-state index < -0.39 is 30.4 Å². The van der Waals surface area contributed by atoms with Crippen LogP contribution in [0.15, 0.2) is 50.5 Å². The maximum Gasteiger partial charge on any atom is 0.317 e. The molecule has 3 heterocycles. The van der Waals surface area contributed by atoms with E-state index in [2.05, 4.69) is 26.2 Å². The van der Waals surface area contributed by atoms with Gasteiger partial charge in [-0.05, 0) is 36.7 Å². The van der Waals surface area contributed by atoms with Gasteiger partial charge in [0.1, 0.15) is 11.9 Å². The van der Waals surface area contributed by atoms with E-state index in [9.17, 15) is 18.0 Å². The van der Waals surface area contributed by atoms with Crippen molar-refractivity contribution in [2.75, 3.05) is 39.8 Å². The second-order valence-corrected chi connectivity index (χ2v) is 10.8. The fraction of sp³-hybridized carbons (Fsp3) is 0.458. The van der Waals surface area contributed by atoms with Gasteiger partial charge in [0.2, 0.25) is 0 Å². The number of hydrogen-bond donors (Lipinski definition) is 2. The molecule has 2 aliphatic rings. The Morgan fingerprint density at radius 1 is 1.42 bits per heavy atom. The summed E-state index contributed by atoms with van der Waals surface area (Å²) in [6, 6.07) is 4.03. The number of nitrogens with one attached hydrogen (secondary N) is 1. The summed E-state index contributed by atoms with van der Waals surface area (Å²) in [6.07, 6.45) is 2.28. The lowest BCUT2D eigenvalue weighted by atomic mass is 9.93. The summed E-state index contributed by atoms with van der Waals surface area (Å²) in [5.41, 5.74) is 2.48. The molecule has 2 aliphatic heterocycles. The molecule has 1 aromatic carbocycles. The minimum Gasteiger partial charge on any atom is -0.480 e. The van der Waals surface area contributed by atoms with Gasteiger partial charge in [-0.25, -0.2) is 18.2 Å². The van der Waals surface area contributed by atoms with Crippen molar-refractivity contribution in [3.8, 4) is 0 Å². The zero-order chi connectivity index (χ0) is 26.0. The van der Waals surface area contributed by atoms with Crippen LogP contribution in [0.5, 0.6) is 0 Å². The second kappa shape index (κ2) is 11.0. The Hall–Kier alpha value is -2.28. The Morgan fingerprint density at radius 2 is 2.19 bits per heavy atom. The molecule has 7 nitrogen and oxygen atoms in total. The third-order valence-corrected chi connectivity index (χ3v) is 7.81. The first-order valence-corrected chi connectivity index (χ1v) is 13.2. The molecule has 12 heteroatoms. The van der Waals surface area contributed by atoms with Gasteiger partial charge in [0.15, 0.2) is 10.8 Å². The van der Waals surface area contributed by atoms with E-state index in [1.165, 1.54) is 35.4 Å². The van der Waals surface area contributed by atoms with E-state index in [4.69, 9.17) is 10.1 Å². The Labute approximate surface area is 219 Å². The molecule has 1 fully saturated rings. The maximum atomic E-state index is 14.9. The normalized spacial score (nSPS) is 22.1. The fourth-order valence-corrected chi connectivity index (χ4v) is 5.90. The van der Waals surface area contributed by atoms with Crippen molar-refractivity contribution in [1.82, 2.24) is 20.1 Å². The van der Waals surface area contributed by atoms with Gasteiger partial charge in [0.25, 0.3) is 5.92 Å². The van der Waals surface area contributed by atoms with E-state index in [-0.39, 0.29) is 32.0 Å². The number of aromatic nitrogens is 1. The molecule has 1 unspecified atom stereocenters. The lowest BCUT2D eigenvalue weighted by molar-refractivity contribution is -0.138. The summed E-state index contributed by atoms with van der Waals surface area (Å²) in [5, 5.41) is 14.8. The highest BCUT2D eigenvalue weighted by molar-refractivity contribution is 9.10. The molecule has 4 rings (SSSR count). The number of aliphatic imine (C=N–C) groups is 1. The standard InChI is InChI=1S/C24H27BrF3N5O2S/c1-3-16-19(11-33-10-14(24(27,28)13-33)9-32(2)12-20(34)35)30-22(23-29-6-7-36-23)31-21(16)17-5-4-15(26)8-18(17)25/h4-8,14,21H,3,9-13H2,1-2H3,(H,30,31)(H,34,35)/t14?,21-/m1/s1. The van der Waals surface area contributed by atoms with Gasteiger partial charge in [-0.3, -0.25) is 19.6 Å². The van der Waals surface area contributed by atoms with Crippen LogP contribution >= 0.6 is 27.3 Å². The summed E-state index contributed by atoms with van der Waals surface area (Å²) < 4.78 is 44.2. The molecule has 1 saturated heterocycles. The lowest BCUT2D eigenvalue weighted by Gasteiger charge is -2.30. The molecule has 0 saturated carbocycles. The highest BCUT2D eigenvalue weighted by Gasteiger charge is 2.48. The van der Waals surface area contributed by atoms with Crippen LogP contribution in [-0.2, 0) is 4.79 Å². The Kier molecular flexibility index (Phi) is 8.18. The first-order chi connectivity index (χ1) is 17.1. The number of halogens is 4. The van der Waals surface area contributed by atoms with Gasteiger partial charge in [-0.1, -0.05) is 28.9 Å². The van der Waals surface area contributed by atoms with Crippen LogP contribution in [0.4, 0.5) is 13.2 Å². The number of alkyl halides is 2. The maximum absolute atomic E-state index is 14.9. The predicted octanol–water partition coefficient (Wildman–Crippen LogP) is 4.38. The molecule has 36 heavy (non-hydrogen) atoms. The van der Waals surface area contributed by atoms with Crippen LogP contribution in [0.3, 0.4) is 0 Å². The van der Waals surface area contributed by atoms with Crippen LogP contribution in [-0.4, -0.2) is 77.4 Å². The SMILES string of the molecule is CCC1=C(CN2CC(CN(C)CC(=O)O)C(F)(F)C2)NC(c2nccs2)=N[C@H]1c1ccc(F)cc1Br. The number of rotatable bonds is 9. The number of carbonyl (C=O) groups is 1. The number of nitrogens with zero attached hydrogens (tertiary/aromatic N) is 4. The van der Waals surface area contributed by atoms with Crippen LogP contribution in [0, 0.1) is 11.7 Å². The summed E-state index contributed by atoms with van der Waals surface area (Å²) >= 11 is 4.87. The quantitative estimate of drug-likeness (QED) is 0.454. The average Bonchev–Trinajstić information content (AvgIpc) is 3.41. The number of amidine groups is 1. The van der Waals surface area contributed by atoms with Crippen molar-refractivity contribution in [3.05, 3.63) is 61.9 Å². The van der Waals surface area contributed by atoms with Crippen LogP contribution < -0.4 is 5.32 Å². The summed E-state index contributed by atoms with van der Waals surface area (Å²) in [7, 11) is 1.54. The third-order valence-electron chi connectivity index (χ3n) is 6.35. The van der Waals surface area contributed by atoms with Crippen molar-refractivity contribution in [2.45, 2.75) is 25.3 Å². The van der Waals surface area contributed by atoms with E-state index in [0.717, 1.165) is 16.8 Å². The molecular weight excluding hydrogens is 559 g/mol. The lowest BCUT2D eigenvalue weighted by Crippen LogP contribution is -2.38. The summed E-state index contributed by atoms with van der Waals surface area (Å²) in [6.45, 7) is 1.63. The van der Waals surface area contributed by atoms with Gasteiger partial charge in [0, 0.05) is 47.3 Å². The molecule has 0 radical (unpaired) electrons. The Balaban J connectivity index is 1.62. The van der Waals surface area contributed by atoms with Crippen molar-refractivity contribution < 1.29 is 23.1 Å². The highest BCUT2D eigenvalue weighted by Crippen LogP contribution is 2.39. The molecule has 2 N–H and O–H groups in total. The van der Waals surface area contributed by atoms with E-state index in [1.54, 1.807) is 17.2 Å². The number of likely N-dealkylation sites (tertiary alicyclic amines) is 1. The molecule has 2 aromatic rings. The van der Waals surface area contributed by atoms with Gasteiger partial charge in [0.05, 0.1) is 13.1 Å². The van der Waals surface area contributed by atoms with Crippen molar-refractivity contribution >= 4 is 39.1 Å². The molecule has 0 bridgehead atoms. The monoisotopic (exact) mass is 585 g/mol. The number of thiazole rings is 1. The van der Waals surface area contributed by atoms with Crippen molar-refractivity contribution in [3.63, 3.8) is 0 Å². The topological polar surface area (TPSA) is 81.1 Å². The number of benzene rings is 1. The second-order valence-electron chi connectivity index (χ2n) is 9.08. The Morgan fingerprint density at radius 3 is 2.83 bits per heavy atom. The number of aliphatic carboxylic acids is 1. The average molecular weight is 586 g/mol. The number of carboxylic acid groups (broad SMARTS) is 1. The molecule has 2 atom stereocenters. The third kappa shape index (κ3) is 5.99. The summed E-state index contributed by atoms with van der Waals surface area (Å²) in [4.78, 5) is 23.3. The minimum absolute atomic E-state index is 0.0140. The van der Waals surface area contributed by atoms with Gasteiger partial charge in [-0.15, -0.1) is 11.3 Å². The molecule has 1 aromatic heterocycles. The van der Waals surface area contributed by atoms with Crippen LogP contribution in [0.1, 0.15) is 30.0 Å². The van der Waals surface area contributed by atoms with Gasteiger partial charge >= 0.3 is 5.97 Å². The Bertz CT molecular complexity index is 1170. The zero-order valence-electron chi connectivity index (χ0n) is 19.8. The number of hydrogen-bond acceptors (Lipinski definition) is 7. The van der Waals surface area contributed by atoms with Gasteiger partial charge in [-0.2, -0.15) is 0 Å². The first-order valence-electron chi connectivity index (χ1n) is 11.5.